The molecule has 0 saturated carbocycles. The molecule has 0 aliphatic carbocycles. The van der Waals surface area contributed by atoms with Crippen LogP contribution in [0.15, 0.2) is 53.9 Å². The number of amides is 1. The molecule has 5 rings (SSSR count). The number of hydrogen-bond acceptors (Lipinski definition) is 7. The van der Waals surface area contributed by atoms with Gasteiger partial charge in [0.1, 0.15) is 11.8 Å². The Morgan fingerprint density at radius 2 is 1.73 bits per heavy atom. The first-order valence-electron chi connectivity index (χ1n) is 10.0. The van der Waals surface area contributed by atoms with Gasteiger partial charge in [-0.3, -0.25) is 4.79 Å². The van der Waals surface area contributed by atoms with Crippen LogP contribution in [0.1, 0.15) is 6.92 Å². The monoisotopic (exact) mass is 422 g/mol. The summed E-state index contributed by atoms with van der Waals surface area (Å²) in [7, 11) is 0. The maximum atomic E-state index is 13.1. The number of anilines is 1. The lowest BCUT2D eigenvalue weighted by Crippen LogP contribution is -2.56. The molecule has 1 amide bonds. The van der Waals surface area contributed by atoms with Crippen LogP contribution in [0.25, 0.3) is 10.6 Å². The maximum absolute atomic E-state index is 13.1. The highest BCUT2D eigenvalue weighted by Crippen LogP contribution is 2.34. The van der Waals surface area contributed by atoms with Crippen molar-refractivity contribution in [3.05, 3.63) is 53.9 Å². The average Bonchev–Trinajstić information content (AvgIpc) is 3.33. The lowest BCUT2D eigenvalue weighted by molar-refractivity contribution is -0.144. The Hall–Kier alpha value is -3.13. The van der Waals surface area contributed by atoms with Crippen molar-refractivity contribution in [2.45, 2.75) is 19.1 Å². The minimum absolute atomic E-state index is 0.0317. The summed E-state index contributed by atoms with van der Waals surface area (Å²) < 4.78 is 11.9. The summed E-state index contributed by atoms with van der Waals surface area (Å²) in [6.45, 7) is 4.51. The Bertz CT molecular complexity index is 1020. The van der Waals surface area contributed by atoms with Crippen LogP contribution in [0.4, 0.5) is 5.82 Å². The Morgan fingerprint density at radius 3 is 2.40 bits per heavy atom. The van der Waals surface area contributed by atoms with Gasteiger partial charge in [0, 0.05) is 26.2 Å². The Morgan fingerprint density at radius 1 is 0.967 bits per heavy atom. The molecule has 0 radical (unpaired) electrons. The van der Waals surface area contributed by atoms with Crippen LogP contribution in [-0.2, 0) is 4.79 Å². The van der Waals surface area contributed by atoms with Gasteiger partial charge < -0.3 is 19.3 Å². The number of nitrogens with zero attached hydrogens (tertiary/aromatic N) is 4. The lowest BCUT2D eigenvalue weighted by atomic mass is 10.1. The van der Waals surface area contributed by atoms with Gasteiger partial charge in [0.25, 0.3) is 5.91 Å². The lowest BCUT2D eigenvalue weighted by Gasteiger charge is -2.39. The molecule has 0 spiro atoms. The number of carbonyl (C=O) groups is 1. The fourth-order valence-electron chi connectivity index (χ4n) is 3.78. The molecule has 2 aliphatic heterocycles. The van der Waals surface area contributed by atoms with E-state index in [4.69, 9.17) is 9.47 Å². The molecule has 8 heteroatoms. The van der Waals surface area contributed by atoms with Crippen LogP contribution >= 0.6 is 11.3 Å². The van der Waals surface area contributed by atoms with Gasteiger partial charge in [0.2, 0.25) is 6.10 Å². The highest BCUT2D eigenvalue weighted by molar-refractivity contribution is 7.13. The topological polar surface area (TPSA) is 67.8 Å². The third-order valence-corrected chi connectivity index (χ3v) is 6.32. The van der Waals surface area contributed by atoms with E-state index in [1.165, 1.54) is 0 Å². The largest absolute Gasteiger partial charge is 0.482 e. The Labute approximate surface area is 178 Å². The number of fused-ring (bicyclic) bond motifs is 1. The van der Waals surface area contributed by atoms with Crippen molar-refractivity contribution < 1.29 is 14.3 Å². The van der Waals surface area contributed by atoms with Crippen molar-refractivity contribution in [1.29, 1.82) is 0 Å². The molecule has 30 heavy (non-hydrogen) atoms. The quantitative estimate of drug-likeness (QED) is 0.646. The molecule has 1 aromatic carbocycles. The highest BCUT2D eigenvalue weighted by Gasteiger charge is 2.37. The fraction of sp³-hybridized carbons (Fsp3) is 0.318. The van der Waals surface area contributed by atoms with Crippen molar-refractivity contribution in [1.82, 2.24) is 15.1 Å². The maximum Gasteiger partial charge on any atom is 0.267 e. The molecular weight excluding hydrogens is 400 g/mol. The zero-order chi connectivity index (χ0) is 20.5. The zero-order valence-corrected chi connectivity index (χ0v) is 17.4. The van der Waals surface area contributed by atoms with Gasteiger partial charge in [-0.2, -0.15) is 0 Å². The molecular formula is C22H22N4O3S. The summed E-state index contributed by atoms with van der Waals surface area (Å²) in [4.78, 5) is 18.2. The molecule has 2 aliphatic rings. The molecule has 0 bridgehead atoms. The first-order chi connectivity index (χ1) is 14.7. The van der Waals surface area contributed by atoms with E-state index < -0.39 is 6.10 Å². The average molecular weight is 423 g/mol. The number of rotatable bonds is 3. The number of ether oxygens (including phenoxy) is 2. The Kier molecular flexibility index (Phi) is 5.00. The first kappa shape index (κ1) is 18.9. The molecule has 1 fully saturated rings. The van der Waals surface area contributed by atoms with Gasteiger partial charge >= 0.3 is 0 Å². The molecule has 2 unspecified atom stereocenters. The van der Waals surface area contributed by atoms with E-state index in [-0.39, 0.29) is 12.0 Å². The molecule has 4 heterocycles. The second-order valence-corrected chi connectivity index (χ2v) is 8.32. The fourth-order valence-corrected chi connectivity index (χ4v) is 4.47. The molecule has 2 atom stereocenters. The number of benzene rings is 1. The second-order valence-electron chi connectivity index (χ2n) is 7.37. The van der Waals surface area contributed by atoms with Gasteiger partial charge in [0.05, 0.1) is 4.88 Å². The van der Waals surface area contributed by atoms with Crippen LogP contribution in [0, 0.1) is 0 Å². The van der Waals surface area contributed by atoms with E-state index in [0.29, 0.717) is 37.7 Å². The highest BCUT2D eigenvalue weighted by atomic mass is 32.1. The number of piperazine rings is 1. The van der Waals surface area contributed by atoms with E-state index in [9.17, 15) is 4.79 Å². The van der Waals surface area contributed by atoms with Gasteiger partial charge in [-0.1, -0.05) is 18.2 Å². The van der Waals surface area contributed by atoms with Crippen LogP contribution in [0.2, 0.25) is 0 Å². The Balaban J connectivity index is 1.21. The van der Waals surface area contributed by atoms with Crippen LogP contribution in [0.5, 0.6) is 11.5 Å². The van der Waals surface area contributed by atoms with Crippen LogP contribution in [0.3, 0.4) is 0 Å². The van der Waals surface area contributed by atoms with E-state index in [2.05, 4.69) is 15.1 Å². The second kappa shape index (κ2) is 7.95. The summed E-state index contributed by atoms with van der Waals surface area (Å²) >= 11 is 1.65. The summed E-state index contributed by atoms with van der Waals surface area (Å²) in [6, 6.07) is 15.5. The van der Waals surface area contributed by atoms with E-state index >= 15 is 0 Å². The van der Waals surface area contributed by atoms with Crippen molar-refractivity contribution in [2.24, 2.45) is 0 Å². The number of para-hydroxylation sites is 2. The van der Waals surface area contributed by atoms with Gasteiger partial charge in [-0.25, -0.2) is 0 Å². The molecule has 1 saturated heterocycles. The summed E-state index contributed by atoms with van der Waals surface area (Å²) in [6.07, 6.45) is -0.961. The normalized spacial score (nSPS) is 20.8. The van der Waals surface area contributed by atoms with Gasteiger partial charge in [-0.05, 0) is 42.6 Å². The van der Waals surface area contributed by atoms with E-state index in [0.717, 1.165) is 16.4 Å². The third-order valence-electron chi connectivity index (χ3n) is 5.43. The number of thiophene rings is 1. The number of carbonyl (C=O) groups excluding carboxylic acids is 1. The van der Waals surface area contributed by atoms with E-state index in [1.54, 1.807) is 11.3 Å². The minimum Gasteiger partial charge on any atom is -0.482 e. The predicted molar refractivity (Wildman–Crippen MR) is 115 cm³/mol. The molecule has 3 aromatic rings. The molecule has 2 aromatic heterocycles. The standard InChI is InChI=1S/C22H22N4O3S/c1-15-21(29-18-6-3-2-5-17(18)28-15)22(27)26-12-10-25(11-13-26)20-9-8-16(23-24-20)19-7-4-14-30-19/h2-9,14-15,21H,10-13H2,1H3. The van der Waals surface area contributed by atoms with Crippen molar-refractivity contribution in [3.63, 3.8) is 0 Å². The van der Waals surface area contributed by atoms with Crippen LogP contribution < -0.4 is 14.4 Å². The summed E-state index contributed by atoms with van der Waals surface area (Å²) in [5.74, 6) is 2.11. The summed E-state index contributed by atoms with van der Waals surface area (Å²) in [5, 5.41) is 10.8. The SMILES string of the molecule is CC1Oc2ccccc2OC1C(=O)N1CCN(c2ccc(-c3cccs3)nn2)CC1. The minimum atomic E-state index is -0.628. The van der Waals surface area contributed by atoms with Crippen molar-refractivity contribution >= 4 is 23.1 Å². The van der Waals surface area contributed by atoms with E-state index in [1.807, 2.05) is 65.7 Å². The first-order valence-corrected chi connectivity index (χ1v) is 10.9. The number of hydrogen-bond donors (Lipinski definition) is 0. The summed E-state index contributed by atoms with van der Waals surface area (Å²) in [5.41, 5.74) is 0.881. The smallest absolute Gasteiger partial charge is 0.267 e. The van der Waals surface area contributed by atoms with Gasteiger partial charge in [0.15, 0.2) is 17.3 Å². The molecule has 154 valence electrons. The van der Waals surface area contributed by atoms with Crippen molar-refractivity contribution in [3.8, 4) is 22.1 Å². The van der Waals surface area contributed by atoms with Crippen molar-refractivity contribution in [2.75, 3.05) is 31.1 Å². The zero-order valence-electron chi connectivity index (χ0n) is 16.6. The number of aromatic nitrogens is 2. The predicted octanol–water partition coefficient (Wildman–Crippen LogP) is 3.08. The molecule has 0 N–H and O–H groups in total. The third kappa shape index (κ3) is 3.59. The van der Waals surface area contributed by atoms with Crippen LogP contribution in [-0.4, -0.2) is 59.4 Å². The molecule has 7 nitrogen and oxygen atoms in total. The van der Waals surface area contributed by atoms with Gasteiger partial charge in [-0.15, -0.1) is 21.5 Å².